The number of nitrogens with zero attached hydrogens (tertiary/aromatic N) is 1. The first-order chi connectivity index (χ1) is 13.7. The molecule has 30 heavy (non-hydrogen) atoms. The van der Waals surface area contributed by atoms with E-state index < -0.39 is 8.07 Å². The maximum atomic E-state index is 2.58. The molecule has 1 aromatic heterocycles. The fourth-order valence-corrected chi connectivity index (χ4v) is 10.1. The number of hydrogen-bond acceptors (Lipinski definition) is 0. The van der Waals surface area contributed by atoms with Crippen molar-refractivity contribution in [3.63, 3.8) is 0 Å². The quantitative estimate of drug-likeness (QED) is 0.307. The van der Waals surface area contributed by atoms with E-state index in [1.165, 1.54) is 38.7 Å². The highest BCUT2D eigenvalue weighted by atomic mass is 28.3. The molecule has 160 valence electrons. The average Bonchev–Trinajstić information content (AvgIpc) is 2.62. The van der Waals surface area contributed by atoms with Gasteiger partial charge < -0.3 is 0 Å². The molecule has 0 unspecified atom stereocenters. The van der Waals surface area contributed by atoms with Crippen molar-refractivity contribution in [3.8, 4) is 11.3 Å². The lowest BCUT2D eigenvalue weighted by atomic mass is 9.94. The summed E-state index contributed by atoms with van der Waals surface area (Å²) in [5.41, 5.74) is 6.72. The van der Waals surface area contributed by atoms with E-state index in [4.69, 9.17) is 0 Å². The summed E-state index contributed by atoms with van der Waals surface area (Å²) < 4.78 is 2.29. The van der Waals surface area contributed by atoms with Crippen molar-refractivity contribution in [3.05, 3.63) is 59.3 Å². The van der Waals surface area contributed by atoms with Crippen molar-refractivity contribution in [1.82, 2.24) is 0 Å². The number of benzene rings is 2. The summed E-state index contributed by atoms with van der Waals surface area (Å²) in [5.74, 6) is 0. The molecule has 0 amide bonds. The molecule has 0 bridgehead atoms. The van der Waals surface area contributed by atoms with Crippen LogP contribution in [0.2, 0.25) is 16.6 Å². The van der Waals surface area contributed by atoms with Crippen LogP contribution in [0.5, 0.6) is 0 Å². The molecule has 0 saturated heterocycles. The van der Waals surface area contributed by atoms with E-state index in [1.54, 1.807) is 5.19 Å². The van der Waals surface area contributed by atoms with Gasteiger partial charge in [-0.1, -0.05) is 77.0 Å². The molecule has 0 spiro atoms. The molecule has 3 rings (SSSR count). The van der Waals surface area contributed by atoms with Crippen LogP contribution in [0.1, 0.15) is 58.2 Å². The van der Waals surface area contributed by atoms with Gasteiger partial charge in [-0.15, -0.1) is 0 Å². The van der Waals surface area contributed by atoms with Crippen LogP contribution >= 0.6 is 0 Å². The molecule has 0 fully saturated rings. The molecule has 0 aliphatic rings. The highest BCUT2D eigenvalue weighted by Gasteiger charge is 2.50. The number of fused-ring (bicyclic) bond motifs is 1. The summed E-state index contributed by atoms with van der Waals surface area (Å²) in [6, 6.07) is 14.2. The zero-order valence-corrected chi connectivity index (χ0v) is 22.0. The summed E-state index contributed by atoms with van der Waals surface area (Å²) in [7, 11) is 0.378. The van der Waals surface area contributed by atoms with E-state index >= 15 is 0 Å². The van der Waals surface area contributed by atoms with Crippen molar-refractivity contribution in [2.75, 3.05) is 0 Å². The average molecular weight is 419 g/mol. The van der Waals surface area contributed by atoms with Crippen molar-refractivity contribution in [2.24, 2.45) is 7.05 Å². The Hall–Kier alpha value is -1.93. The van der Waals surface area contributed by atoms with Crippen LogP contribution in [-0.4, -0.2) is 8.07 Å². The molecule has 1 heterocycles. The van der Waals surface area contributed by atoms with Crippen LogP contribution in [0, 0.1) is 20.8 Å². The molecular formula is C28H40NSi+. The summed E-state index contributed by atoms with van der Waals surface area (Å²) >= 11 is 0. The van der Waals surface area contributed by atoms with Crippen LogP contribution < -0.4 is 9.75 Å². The third-order valence-electron chi connectivity index (χ3n) is 7.78. The fraction of sp³-hybridized carbons (Fsp3) is 0.464. The second kappa shape index (κ2) is 7.34. The number of aryl methyl sites for hydroxylation is 3. The molecule has 0 aliphatic carbocycles. The molecule has 2 aromatic carbocycles. The first kappa shape index (κ1) is 22.7. The van der Waals surface area contributed by atoms with Crippen LogP contribution in [0.25, 0.3) is 22.0 Å². The maximum Gasteiger partial charge on any atom is 0.220 e. The summed E-state index contributed by atoms with van der Waals surface area (Å²) in [4.78, 5) is 0. The van der Waals surface area contributed by atoms with Gasteiger partial charge in [-0.2, -0.15) is 0 Å². The predicted molar refractivity (Wildman–Crippen MR) is 135 cm³/mol. The van der Waals surface area contributed by atoms with Crippen LogP contribution in [-0.2, 0) is 7.05 Å². The van der Waals surface area contributed by atoms with E-state index in [-0.39, 0.29) is 10.1 Å². The molecule has 0 radical (unpaired) electrons. The van der Waals surface area contributed by atoms with Gasteiger partial charge in [0.25, 0.3) is 0 Å². The van der Waals surface area contributed by atoms with Gasteiger partial charge in [-0.05, 0) is 59.5 Å². The van der Waals surface area contributed by atoms with Gasteiger partial charge in [0.05, 0.1) is 19.0 Å². The van der Waals surface area contributed by atoms with Crippen LogP contribution in [0.15, 0.2) is 42.6 Å². The Bertz CT molecular complexity index is 1100. The zero-order valence-electron chi connectivity index (χ0n) is 21.0. The summed E-state index contributed by atoms with van der Waals surface area (Å²) in [5, 5.41) is 4.83. The topological polar surface area (TPSA) is 3.88 Å². The number of aromatic nitrogens is 1. The van der Waals surface area contributed by atoms with Gasteiger partial charge in [0.2, 0.25) is 5.69 Å². The second-order valence-corrected chi connectivity index (χ2v) is 17.3. The molecule has 0 saturated carbocycles. The van der Waals surface area contributed by atoms with E-state index in [0.717, 1.165) is 0 Å². The summed E-state index contributed by atoms with van der Waals surface area (Å²) in [6.07, 6.45) is 2.23. The minimum Gasteiger partial charge on any atom is -0.200 e. The Labute approximate surface area is 185 Å². The van der Waals surface area contributed by atoms with Crippen molar-refractivity contribution >= 4 is 24.0 Å². The fourth-order valence-electron chi connectivity index (χ4n) is 5.30. The van der Waals surface area contributed by atoms with E-state index in [9.17, 15) is 0 Å². The SMILES string of the molecule is Cc1cc(C)c(C)c(-c2c3ccc([Si](C)(C(C)(C)C)C(C)(C)C)cc3cc[n+]2C)c1. The molecular weight excluding hydrogens is 378 g/mol. The standard InChI is InChI=1S/C28H40NSi/c1-19-16-20(2)21(3)25(17-19)26-24-13-12-23(18-22(24)14-15-29(26)10)30(11,27(4,5)6)28(7,8)9/h12-18H,1-11H3/q+1. The van der Waals surface area contributed by atoms with Gasteiger partial charge in [-0.3, -0.25) is 0 Å². The highest BCUT2D eigenvalue weighted by molar-refractivity contribution is 6.95. The Balaban J connectivity index is 2.34. The third-order valence-corrected chi connectivity index (χ3v) is 15.2. The number of rotatable bonds is 2. The Morgan fingerprint density at radius 2 is 1.40 bits per heavy atom. The van der Waals surface area contributed by atoms with Gasteiger partial charge >= 0.3 is 0 Å². The van der Waals surface area contributed by atoms with Gasteiger partial charge in [0.15, 0.2) is 6.20 Å². The van der Waals surface area contributed by atoms with E-state index in [0.29, 0.717) is 0 Å². The predicted octanol–water partition coefficient (Wildman–Crippen LogP) is 7.14. The van der Waals surface area contributed by atoms with Crippen LogP contribution in [0.3, 0.4) is 0 Å². The molecule has 0 aliphatic heterocycles. The number of hydrogen-bond donors (Lipinski definition) is 0. The van der Waals surface area contributed by atoms with E-state index in [1.807, 2.05) is 0 Å². The largest absolute Gasteiger partial charge is 0.220 e. The Morgan fingerprint density at radius 3 is 1.97 bits per heavy atom. The van der Waals surface area contributed by atoms with Crippen molar-refractivity contribution in [2.45, 2.75) is 78.9 Å². The van der Waals surface area contributed by atoms with Crippen molar-refractivity contribution < 1.29 is 4.57 Å². The molecule has 0 N–H and O–H groups in total. The summed E-state index contributed by atoms with van der Waals surface area (Å²) in [6.45, 7) is 23.9. The normalized spacial score (nSPS) is 13.2. The molecule has 0 atom stereocenters. The third kappa shape index (κ3) is 3.54. The minimum absolute atomic E-state index is 0.283. The second-order valence-electron chi connectivity index (χ2n) is 11.5. The van der Waals surface area contributed by atoms with Crippen LogP contribution in [0.4, 0.5) is 0 Å². The Kier molecular flexibility index (Phi) is 5.56. The number of pyridine rings is 1. The van der Waals surface area contributed by atoms with E-state index in [2.05, 4.69) is 123 Å². The lowest BCUT2D eigenvalue weighted by molar-refractivity contribution is -0.659. The smallest absolute Gasteiger partial charge is 0.200 e. The molecule has 2 heteroatoms. The van der Waals surface area contributed by atoms with Crippen molar-refractivity contribution in [1.29, 1.82) is 0 Å². The first-order valence-electron chi connectivity index (χ1n) is 11.2. The minimum atomic E-state index is -1.79. The first-order valence-corrected chi connectivity index (χ1v) is 13.7. The Morgan fingerprint density at radius 1 is 0.800 bits per heavy atom. The van der Waals surface area contributed by atoms with Gasteiger partial charge in [0, 0.05) is 6.07 Å². The lowest BCUT2D eigenvalue weighted by Gasteiger charge is -2.50. The van der Waals surface area contributed by atoms with Gasteiger partial charge in [0.1, 0.15) is 7.05 Å². The highest BCUT2D eigenvalue weighted by Crippen LogP contribution is 2.50. The van der Waals surface area contributed by atoms with Gasteiger partial charge in [-0.25, -0.2) is 4.57 Å². The maximum absolute atomic E-state index is 2.58. The molecule has 1 nitrogen and oxygen atoms in total. The lowest BCUT2D eigenvalue weighted by Crippen LogP contribution is -2.58. The molecule has 3 aromatic rings. The zero-order chi connectivity index (χ0) is 22.6. The monoisotopic (exact) mass is 418 g/mol.